The van der Waals surface area contributed by atoms with Crippen LogP contribution in [0.1, 0.15) is 117 Å². The van der Waals surface area contributed by atoms with Crippen LogP contribution in [0.5, 0.6) is 0 Å². The number of benzene rings is 7. The number of fused-ring (bicyclic) bond motifs is 4. The third-order valence-electron chi connectivity index (χ3n) is 25.1. The van der Waals surface area contributed by atoms with Gasteiger partial charge in [0.2, 0.25) is 0 Å². The van der Waals surface area contributed by atoms with Crippen LogP contribution in [-0.2, 0) is 139 Å². The maximum atomic E-state index is 15.2. The molecule has 5 aliphatic rings. The Kier molecular flexibility index (Phi) is 31.5. The number of pyridine rings is 3. The second-order valence-corrected chi connectivity index (χ2v) is 33.8. The molecule has 6 atom stereocenters. The molecule has 44 heteroatoms. The van der Waals surface area contributed by atoms with Crippen molar-refractivity contribution in [2.75, 3.05) is 76.0 Å². The van der Waals surface area contributed by atoms with Crippen molar-refractivity contribution in [1.82, 2.24) is 29.7 Å². The fraction of sp³-hybridized carbons (Fsp3) is 0.371. The van der Waals surface area contributed by atoms with E-state index in [1.54, 1.807) is 53.6 Å². The largest absolute Gasteiger partial charge is 0.467 e. The van der Waals surface area contributed by atoms with Crippen molar-refractivity contribution in [3.05, 3.63) is 271 Å². The van der Waals surface area contributed by atoms with Crippen molar-refractivity contribution in [1.29, 1.82) is 0 Å². The Bertz CT molecular complexity index is 6690. The van der Waals surface area contributed by atoms with Crippen LogP contribution in [0.3, 0.4) is 0 Å². The number of carbonyl (C=O) groups is 6. The molecule has 0 unspecified atom stereocenters. The van der Waals surface area contributed by atoms with Crippen molar-refractivity contribution in [3.63, 3.8) is 0 Å². The standard InChI is InChI=1S/C34H30F5N3O6.C32H32F5N3O6.C31H29F8N3O5/c1-41-28-6-4-3-5-19(28)11-22(32(41)44)21-8-7-18(23-15-48-16-24(21)23)12-27(33(45)46-2)40-31(43)30-25(35)13-20(14-26(30)36)42-9-10-47-17-29(42)34(37,38)39;1-16-9-17(2)39(3)30(42)27(16)20-6-5-18(21-13-46-14-22(20)21)10-25(31(43)44-4)38-29(41)28-23(33)11-19(12-24(28)34)40-7-8-45-15-26(40)32(35,36)37;1-5-24(31(37,38)39)40-16-9-21(32)26(22(33)10-16)27(43)41-23(29(45)46-4)8-15-6-7-17(19-13-47-12-18(15)19)25-14(2)20(30(34,35)36)11-42(3)28(25)44/h3-8,11,13-14,27,29H,9-10,12,15-17H2,1-2H3,(H,40,43);5-6,9,11-12,25-26H,7-8,10,13-15H2,1-4H3,(H,38,41);6-7,9-11,23-24,40H,5,8,12-13H2,1-4H3,(H,41,43)/t27-,29+;25-,26+;23-,24+/m000/s1. The molecule has 0 radical (unpaired) electrons. The summed E-state index contributed by atoms with van der Waals surface area (Å²) in [7, 11) is 7.72. The minimum Gasteiger partial charge on any atom is -0.467 e. The van der Waals surface area contributed by atoms with E-state index < -0.39 is 196 Å². The summed E-state index contributed by atoms with van der Waals surface area (Å²) in [5.74, 6) is -15.4. The topological polar surface area (TPSA) is 297 Å². The predicted octanol–water partition coefficient (Wildman–Crippen LogP) is 15.0. The number of halogens is 18. The van der Waals surface area contributed by atoms with E-state index in [0.29, 0.717) is 104 Å². The van der Waals surface area contributed by atoms with E-state index in [-0.39, 0.29) is 113 Å². The molecule has 3 amide bonds. The fourth-order valence-electron chi connectivity index (χ4n) is 17.8. The molecule has 141 heavy (non-hydrogen) atoms. The molecular formula is C97H91F18N9O17. The Labute approximate surface area is 790 Å². The van der Waals surface area contributed by atoms with Crippen molar-refractivity contribution >= 4 is 63.6 Å². The zero-order valence-electron chi connectivity index (χ0n) is 76.7. The van der Waals surface area contributed by atoms with Crippen LogP contribution in [-0.4, -0.2) is 165 Å². The van der Waals surface area contributed by atoms with Gasteiger partial charge in [-0.3, -0.25) is 28.8 Å². The number of rotatable bonds is 23. The lowest BCUT2D eigenvalue weighted by Crippen LogP contribution is -2.53. The number of ether oxygens (including phenoxy) is 8. The average molecular weight is 2000 g/mol. The molecule has 2 fully saturated rings. The van der Waals surface area contributed by atoms with E-state index in [1.807, 2.05) is 49.5 Å². The monoisotopic (exact) mass is 2000 g/mol. The number of morpholine rings is 2. The molecule has 752 valence electrons. The Morgan fingerprint density at radius 2 is 0.830 bits per heavy atom. The molecule has 7 aromatic carbocycles. The van der Waals surface area contributed by atoms with Gasteiger partial charge in [-0.15, -0.1) is 0 Å². The van der Waals surface area contributed by atoms with Gasteiger partial charge in [0.25, 0.3) is 34.4 Å². The molecule has 4 N–H and O–H groups in total. The number of para-hydroxylation sites is 1. The number of alkyl halides is 12. The van der Waals surface area contributed by atoms with Gasteiger partial charge >= 0.3 is 42.6 Å². The van der Waals surface area contributed by atoms with Gasteiger partial charge in [-0.1, -0.05) is 61.5 Å². The third-order valence-corrected chi connectivity index (χ3v) is 25.1. The third kappa shape index (κ3) is 22.3. The highest BCUT2D eigenvalue weighted by atomic mass is 19.4. The number of esters is 3. The van der Waals surface area contributed by atoms with E-state index in [1.165, 1.54) is 33.0 Å². The lowest BCUT2D eigenvalue weighted by atomic mass is 9.89. The molecule has 0 bridgehead atoms. The molecule has 15 rings (SSSR count). The average Bonchev–Trinajstić information content (AvgIpc) is 1.74. The molecule has 2 saturated heterocycles. The zero-order valence-corrected chi connectivity index (χ0v) is 76.7. The Morgan fingerprint density at radius 1 is 0.447 bits per heavy atom. The molecule has 10 aromatic rings. The summed E-state index contributed by atoms with van der Waals surface area (Å²) in [5.41, 5.74) is 2.70. The van der Waals surface area contributed by atoms with E-state index in [2.05, 4.69) is 16.0 Å². The van der Waals surface area contributed by atoms with E-state index in [4.69, 9.17) is 37.9 Å². The van der Waals surface area contributed by atoms with Crippen LogP contribution in [0.2, 0.25) is 0 Å². The van der Waals surface area contributed by atoms with Gasteiger partial charge in [0, 0.05) is 88.0 Å². The van der Waals surface area contributed by atoms with Crippen molar-refractivity contribution in [2.45, 2.75) is 154 Å². The van der Waals surface area contributed by atoms with E-state index >= 15 is 17.6 Å². The molecule has 0 saturated carbocycles. The van der Waals surface area contributed by atoms with Crippen molar-refractivity contribution < 1.29 is 146 Å². The summed E-state index contributed by atoms with van der Waals surface area (Å²) < 4.78 is 298. The molecule has 0 aliphatic carbocycles. The molecule has 8 heterocycles. The lowest BCUT2D eigenvalue weighted by Gasteiger charge is -2.38. The second-order valence-electron chi connectivity index (χ2n) is 33.8. The van der Waals surface area contributed by atoms with Gasteiger partial charge in [-0.05, 0) is 165 Å². The first-order valence-corrected chi connectivity index (χ1v) is 43.5. The van der Waals surface area contributed by atoms with Crippen molar-refractivity contribution in [2.24, 2.45) is 21.1 Å². The summed E-state index contributed by atoms with van der Waals surface area (Å²) in [5, 5.41) is 9.65. The maximum absolute atomic E-state index is 15.2. The summed E-state index contributed by atoms with van der Waals surface area (Å²) in [4.78, 5) is 119. The number of nitrogens with one attached hydrogen (secondary N) is 4. The SMILES string of the molecule is CC[C@@H](Nc1cc(F)c(C(=O)N[C@@H](Cc2ccc(-c3c(C)c(C(F)(F)F)cn(C)c3=O)c3c2COC3)C(=O)OC)c(F)c1)C(F)(F)F.COC(=O)[C@H](Cc1ccc(-c2c(C)cc(C)n(C)c2=O)c2c1COC2)NC(=O)c1c(F)cc(N2CCOC[C@@H]2C(F)(F)F)cc1F.COC(=O)[C@H](Cc1ccc(-c2cc3ccccc3n(C)c2=O)c2c1COC2)NC(=O)c1c(F)cc(N2CCOC[C@@H]2C(F)(F)F)cc1F. The quantitative estimate of drug-likeness (QED) is 0.0263. The van der Waals surface area contributed by atoms with Gasteiger partial charge < -0.3 is 82.7 Å². The first-order valence-electron chi connectivity index (χ1n) is 43.5. The van der Waals surface area contributed by atoms with Crippen LogP contribution in [0.4, 0.5) is 96.1 Å². The first kappa shape index (κ1) is 105. The summed E-state index contributed by atoms with van der Waals surface area (Å²) in [6.07, 6.45) is -19.3. The number of methoxy groups -OCH3 is 3. The molecule has 3 aromatic heterocycles. The Morgan fingerprint density at radius 3 is 1.22 bits per heavy atom. The maximum Gasteiger partial charge on any atom is 0.418 e. The number of aryl methyl sites for hydroxylation is 4. The van der Waals surface area contributed by atoms with E-state index in [9.17, 15) is 105 Å². The highest BCUT2D eigenvalue weighted by molar-refractivity contribution is 6.00. The Balaban J connectivity index is 0.000000178. The number of nitrogens with zero attached hydrogens (tertiary/aromatic N) is 5. The predicted molar refractivity (Wildman–Crippen MR) is 473 cm³/mol. The Hall–Kier alpha value is -13.6. The van der Waals surface area contributed by atoms with Crippen LogP contribution in [0, 0.1) is 55.7 Å². The first-order chi connectivity index (χ1) is 66.5. The highest BCUT2D eigenvalue weighted by Crippen LogP contribution is 2.43. The van der Waals surface area contributed by atoms with Crippen LogP contribution in [0.15, 0.2) is 130 Å². The minimum atomic E-state index is -4.74. The zero-order chi connectivity index (χ0) is 103. The number of amides is 3. The lowest BCUT2D eigenvalue weighted by molar-refractivity contribution is -0.167. The number of hydrogen-bond acceptors (Lipinski definition) is 20. The summed E-state index contributed by atoms with van der Waals surface area (Å²) in [6, 6.07) is 13.7. The van der Waals surface area contributed by atoms with Gasteiger partial charge in [-0.2, -0.15) is 52.7 Å². The second kappa shape index (κ2) is 42.5. The number of carbonyl (C=O) groups excluding carboxylic acids is 6. The number of hydrogen-bond donors (Lipinski definition) is 4. The van der Waals surface area contributed by atoms with Crippen LogP contribution in [0.25, 0.3) is 44.3 Å². The molecule has 0 spiro atoms. The smallest absolute Gasteiger partial charge is 0.418 e. The van der Waals surface area contributed by atoms with Crippen LogP contribution < -0.4 is 47.7 Å². The van der Waals surface area contributed by atoms with Gasteiger partial charge in [-0.25, -0.2) is 40.7 Å². The van der Waals surface area contributed by atoms with E-state index in [0.717, 1.165) is 69.0 Å². The summed E-state index contributed by atoms with van der Waals surface area (Å²) in [6.45, 7) is 4.45. The normalized spacial score (nSPS) is 16.1. The van der Waals surface area contributed by atoms with Gasteiger partial charge in [0.15, 0.2) is 0 Å². The van der Waals surface area contributed by atoms with Gasteiger partial charge in [0.05, 0.1) is 110 Å². The molecule has 5 aliphatic heterocycles. The minimum absolute atomic E-state index is 0.0624. The summed E-state index contributed by atoms with van der Waals surface area (Å²) >= 11 is 0. The van der Waals surface area contributed by atoms with Crippen molar-refractivity contribution in [3.8, 4) is 33.4 Å². The van der Waals surface area contributed by atoms with Gasteiger partial charge in [0.1, 0.15) is 87.8 Å². The number of aromatic nitrogens is 3. The molecular weight excluding hydrogens is 1910 g/mol. The van der Waals surface area contributed by atoms with Crippen LogP contribution >= 0.6 is 0 Å². The molecule has 26 nitrogen and oxygen atoms in total. The highest BCUT2D eigenvalue weighted by Gasteiger charge is 2.49. The number of anilines is 3. The fourth-order valence-corrected chi connectivity index (χ4v) is 17.8.